The first-order valence-electron chi connectivity index (χ1n) is 12.2. The topological polar surface area (TPSA) is 86.8 Å². The molecule has 0 heterocycles. The van der Waals surface area contributed by atoms with E-state index in [1.54, 1.807) is 19.1 Å². The van der Waals surface area contributed by atoms with E-state index in [1.165, 1.54) is 4.90 Å². The van der Waals surface area contributed by atoms with Crippen LogP contribution >= 0.6 is 0 Å². The first-order valence-corrected chi connectivity index (χ1v) is 14.1. The zero-order valence-corrected chi connectivity index (χ0v) is 23.6. The number of sulfonamides is 1. The number of nitrogens with one attached hydrogen (secondary N) is 1. The minimum Gasteiger partial charge on any atom is -0.350 e. The lowest BCUT2D eigenvalue weighted by Crippen LogP contribution is -2.55. The highest BCUT2D eigenvalue weighted by Crippen LogP contribution is 2.26. The van der Waals surface area contributed by atoms with E-state index in [4.69, 9.17) is 0 Å². The van der Waals surface area contributed by atoms with Crippen LogP contribution in [0, 0.1) is 0 Å². The van der Waals surface area contributed by atoms with Crippen LogP contribution in [0.2, 0.25) is 0 Å². The molecule has 0 aliphatic rings. The zero-order valence-electron chi connectivity index (χ0n) is 22.8. The first kappa shape index (κ1) is 29.4. The van der Waals surface area contributed by atoms with Crippen LogP contribution in [-0.4, -0.2) is 56.1 Å². The standard InChI is InChI=1S/C28H41N3O4S/c1-21(26(33)29-28(5,6)7)30(19-18-22-12-10-9-11-13-22)25(32)20-31(36(8,34)35)24-16-14-23(15-17-24)27(2,3)4/h9-17,21H,18-20H2,1-8H3,(H,29,33)/t21-/m1/s1. The van der Waals surface area contributed by atoms with Gasteiger partial charge in [-0.2, -0.15) is 0 Å². The summed E-state index contributed by atoms with van der Waals surface area (Å²) in [7, 11) is -3.75. The molecule has 0 aromatic heterocycles. The van der Waals surface area contributed by atoms with Gasteiger partial charge in [-0.05, 0) is 62.8 Å². The van der Waals surface area contributed by atoms with E-state index in [0.29, 0.717) is 12.1 Å². The Morgan fingerprint density at radius 2 is 1.47 bits per heavy atom. The van der Waals surface area contributed by atoms with Crippen LogP contribution in [0.1, 0.15) is 59.6 Å². The molecule has 8 heteroatoms. The van der Waals surface area contributed by atoms with Crippen LogP contribution in [-0.2, 0) is 31.4 Å². The summed E-state index contributed by atoms with van der Waals surface area (Å²) < 4.78 is 26.5. The maximum absolute atomic E-state index is 13.6. The van der Waals surface area contributed by atoms with Crippen molar-refractivity contribution in [3.63, 3.8) is 0 Å². The van der Waals surface area contributed by atoms with Crippen molar-refractivity contribution in [3.05, 3.63) is 65.7 Å². The lowest BCUT2D eigenvalue weighted by atomic mass is 9.87. The van der Waals surface area contributed by atoms with Crippen LogP contribution in [0.15, 0.2) is 54.6 Å². The number of amides is 2. The molecule has 1 atom stereocenters. The number of hydrogen-bond acceptors (Lipinski definition) is 4. The minimum absolute atomic E-state index is 0.0889. The molecule has 0 radical (unpaired) electrons. The molecule has 0 saturated carbocycles. The van der Waals surface area contributed by atoms with Crippen LogP contribution in [0.25, 0.3) is 0 Å². The van der Waals surface area contributed by atoms with Crippen molar-refractivity contribution in [2.45, 2.75) is 71.9 Å². The molecule has 0 aliphatic carbocycles. The van der Waals surface area contributed by atoms with E-state index in [2.05, 4.69) is 26.1 Å². The van der Waals surface area contributed by atoms with Gasteiger partial charge in [-0.1, -0.05) is 63.2 Å². The Kier molecular flexibility index (Phi) is 9.34. The molecular formula is C28H41N3O4S. The smallest absolute Gasteiger partial charge is 0.244 e. The average Bonchev–Trinajstić information content (AvgIpc) is 2.75. The second-order valence-electron chi connectivity index (χ2n) is 11.3. The number of nitrogens with zero attached hydrogens (tertiary/aromatic N) is 2. The van der Waals surface area contributed by atoms with Gasteiger partial charge in [0.05, 0.1) is 11.9 Å². The molecule has 7 nitrogen and oxygen atoms in total. The highest BCUT2D eigenvalue weighted by atomic mass is 32.2. The molecule has 2 aromatic rings. The number of carbonyl (C=O) groups is 2. The number of carbonyl (C=O) groups excluding carboxylic acids is 2. The second-order valence-corrected chi connectivity index (χ2v) is 13.2. The molecule has 0 aliphatic heterocycles. The van der Waals surface area contributed by atoms with Crippen molar-refractivity contribution in [3.8, 4) is 0 Å². The molecule has 198 valence electrons. The molecule has 2 aromatic carbocycles. The highest BCUT2D eigenvalue weighted by molar-refractivity contribution is 7.92. The monoisotopic (exact) mass is 515 g/mol. The summed E-state index contributed by atoms with van der Waals surface area (Å²) in [6, 6.07) is 16.1. The van der Waals surface area contributed by atoms with Gasteiger partial charge in [0.1, 0.15) is 12.6 Å². The Morgan fingerprint density at radius 1 is 0.917 bits per heavy atom. The lowest BCUT2D eigenvalue weighted by Gasteiger charge is -2.33. The maximum atomic E-state index is 13.6. The van der Waals surface area contributed by atoms with Gasteiger partial charge in [0.15, 0.2) is 0 Å². The van der Waals surface area contributed by atoms with Gasteiger partial charge in [0.25, 0.3) is 0 Å². The fourth-order valence-corrected chi connectivity index (χ4v) is 4.64. The predicted molar refractivity (Wildman–Crippen MR) is 147 cm³/mol. The molecule has 0 spiro atoms. The fourth-order valence-electron chi connectivity index (χ4n) is 3.79. The fraction of sp³-hybridized carbons (Fsp3) is 0.500. The van der Waals surface area contributed by atoms with Gasteiger partial charge < -0.3 is 10.2 Å². The van der Waals surface area contributed by atoms with Crippen molar-refractivity contribution >= 4 is 27.5 Å². The summed E-state index contributed by atoms with van der Waals surface area (Å²) in [4.78, 5) is 28.0. The van der Waals surface area contributed by atoms with E-state index in [0.717, 1.165) is 21.7 Å². The first-order chi connectivity index (χ1) is 16.5. The third kappa shape index (κ3) is 8.66. The summed E-state index contributed by atoms with van der Waals surface area (Å²) >= 11 is 0. The third-order valence-electron chi connectivity index (χ3n) is 5.85. The SMILES string of the molecule is C[C@H](C(=O)NC(C)(C)C)N(CCc1ccccc1)C(=O)CN(c1ccc(C(C)(C)C)cc1)S(C)(=O)=O. The Balaban J connectivity index is 2.34. The number of anilines is 1. The normalized spacial score (nSPS) is 13.1. The van der Waals surface area contributed by atoms with Gasteiger partial charge in [-0.25, -0.2) is 8.42 Å². The number of benzene rings is 2. The Labute approximate surface area is 216 Å². The van der Waals surface area contributed by atoms with Crippen LogP contribution in [0.4, 0.5) is 5.69 Å². The van der Waals surface area contributed by atoms with E-state index in [-0.39, 0.29) is 17.9 Å². The van der Waals surface area contributed by atoms with Crippen LogP contribution in [0.3, 0.4) is 0 Å². The van der Waals surface area contributed by atoms with E-state index < -0.39 is 34.1 Å². The lowest BCUT2D eigenvalue weighted by molar-refractivity contribution is -0.139. The van der Waals surface area contributed by atoms with Crippen LogP contribution < -0.4 is 9.62 Å². The molecule has 0 bridgehead atoms. The molecule has 2 amide bonds. The van der Waals surface area contributed by atoms with Crippen molar-refractivity contribution in [1.29, 1.82) is 0 Å². The van der Waals surface area contributed by atoms with Gasteiger partial charge in [0, 0.05) is 12.1 Å². The third-order valence-corrected chi connectivity index (χ3v) is 6.99. The van der Waals surface area contributed by atoms with Gasteiger partial charge >= 0.3 is 0 Å². The zero-order chi connectivity index (χ0) is 27.3. The van der Waals surface area contributed by atoms with Gasteiger partial charge in [-0.3, -0.25) is 13.9 Å². The number of rotatable bonds is 9. The van der Waals surface area contributed by atoms with Gasteiger partial charge in [-0.15, -0.1) is 0 Å². The van der Waals surface area contributed by atoms with Crippen molar-refractivity contribution in [2.75, 3.05) is 23.7 Å². The van der Waals surface area contributed by atoms with Crippen molar-refractivity contribution < 1.29 is 18.0 Å². The maximum Gasteiger partial charge on any atom is 0.244 e. The highest BCUT2D eigenvalue weighted by Gasteiger charge is 2.31. The van der Waals surface area contributed by atoms with E-state index in [1.807, 2.05) is 63.2 Å². The summed E-state index contributed by atoms with van der Waals surface area (Å²) in [5.74, 6) is -0.725. The molecule has 36 heavy (non-hydrogen) atoms. The minimum atomic E-state index is -3.75. The van der Waals surface area contributed by atoms with E-state index in [9.17, 15) is 18.0 Å². The summed E-state index contributed by atoms with van der Waals surface area (Å²) in [6.45, 7) is 13.4. The summed E-state index contributed by atoms with van der Waals surface area (Å²) in [5.41, 5.74) is 1.94. The summed E-state index contributed by atoms with van der Waals surface area (Å²) in [6.07, 6.45) is 1.63. The Bertz CT molecular complexity index is 1130. The van der Waals surface area contributed by atoms with Gasteiger partial charge in [0.2, 0.25) is 21.8 Å². The Hall–Kier alpha value is -2.87. The quantitative estimate of drug-likeness (QED) is 0.544. The summed E-state index contributed by atoms with van der Waals surface area (Å²) in [5, 5.41) is 2.92. The van der Waals surface area contributed by atoms with E-state index >= 15 is 0 Å². The molecule has 0 unspecified atom stereocenters. The van der Waals surface area contributed by atoms with Crippen LogP contribution in [0.5, 0.6) is 0 Å². The number of hydrogen-bond donors (Lipinski definition) is 1. The molecule has 1 N–H and O–H groups in total. The molecule has 2 rings (SSSR count). The molecule has 0 saturated heterocycles. The second kappa shape index (κ2) is 11.5. The largest absolute Gasteiger partial charge is 0.350 e. The average molecular weight is 516 g/mol. The predicted octanol–water partition coefficient (Wildman–Crippen LogP) is 4.12. The molecular weight excluding hydrogens is 474 g/mol. The Morgan fingerprint density at radius 3 is 1.94 bits per heavy atom. The van der Waals surface area contributed by atoms with Crippen molar-refractivity contribution in [1.82, 2.24) is 10.2 Å². The van der Waals surface area contributed by atoms with Crippen molar-refractivity contribution in [2.24, 2.45) is 0 Å². The molecule has 0 fully saturated rings.